The zero-order valence-corrected chi connectivity index (χ0v) is 10.00. The first-order chi connectivity index (χ1) is 9.06. The van der Waals surface area contributed by atoms with Gasteiger partial charge in [-0.05, 0) is 5.56 Å². The summed E-state index contributed by atoms with van der Waals surface area (Å²) in [6, 6.07) is 5.14. The van der Waals surface area contributed by atoms with Gasteiger partial charge in [0.05, 0.1) is 18.0 Å². The number of carbonyl (C=O) groups is 2. The van der Waals surface area contributed by atoms with Crippen LogP contribution in [0.25, 0.3) is 0 Å². The number of nitro benzene ring substituents is 1. The molecule has 1 aromatic rings. The van der Waals surface area contributed by atoms with E-state index in [2.05, 4.69) is 5.32 Å². The molecule has 2 rings (SSSR count). The normalized spacial score (nSPS) is 17.9. The Morgan fingerprint density at radius 1 is 1.42 bits per heavy atom. The van der Waals surface area contributed by atoms with Crippen LogP contribution in [0, 0.1) is 10.1 Å². The predicted molar refractivity (Wildman–Crippen MR) is 64.3 cm³/mol. The molecule has 1 amide bonds. The fourth-order valence-corrected chi connectivity index (χ4v) is 1.79. The molecule has 0 saturated carbocycles. The van der Waals surface area contributed by atoms with Crippen molar-refractivity contribution in [3.63, 3.8) is 0 Å². The number of nitrogens with zero attached hydrogens (tertiary/aromatic N) is 1. The van der Waals surface area contributed by atoms with E-state index in [1.807, 2.05) is 0 Å². The monoisotopic (exact) mass is 264 g/mol. The molecule has 1 aliphatic heterocycles. The van der Waals surface area contributed by atoms with Crippen LogP contribution in [0.4, 0.5) is 5.69 Å². The van der Waals surface area contributed by atoms with Gasteiger partial charge in [-0.15, -0.1) is 0 Å². The summed E-state index contributed by atoms with van der Waals surface area (Å²) in [6.07, 6.45) is 0.548. The van der Waals surface area contributed by atoms with Crippen LogP contribution < -0.4 is 5.32 Å². The van der Waals surface area contributed by atoms with Crippen molar-refractivity contribution in [2.45, 2.75) is 18.9 Å². The first-order valence-corrected chi connectivity index (χ1v) is 5.75. The summed E-state index contributed by atoms with van der Waals surface area (Å²) < 4.78 is 4.73. The lowest BCUT2D eigenvalue weighted by Gasteiger charge is -2.08. The standard InChI is InChI=1S/C12H12N2O5/c15-11(13-10-5-6-19-12(10)16)7-8-1-3-9(4-2-8)14(17)18/h1-4,10H,5-7H2,(H,13,15)/t10-/m0/s1. The molecule has 19 heavy (non-hydrogen) atoms. The summed E-state index contributed by atoms with van der Waals surface area (Å²) in [5, 5.41) is 13.0. The number of ether oxygens (including phenoxy) is 1. The average Bonchev–Trinajstić information content (AvgIpc) is 2.75. The van der Waals surface area contributed by atoms with E-state index in [-0.39, 0.29) is 18.0 Å². The fourth-order valence-electron chi connectivity index (χ4n) is 1.79. The Hall–Kier alpha value is -2.44. The number of nitro groups is 1. The molecule has 0 bridgehead atoms. The molecule has 100 valence electrons. The molecular formula is C12H12N2O5. The van der Waals surface area contributed by atoms with Crippen LogP contribution in [0.5, 0.6) is 0 Å². The van der Waals surface area contributed by atoms with Crippen LogP contribution in [0.15, 0.2) is 24.3 Å². The van der Waals surface area contributed by atoms with E-state index in [4.69, 9.17) is 4.74 Å². The van der Waals surface area contributed by atoms with Crippen molar-refractivity contribution in [3.05, 3.63) is 39.9 Å². The summed E-state index contributed by atoms with van der Waals surface area (Å²) in [7, 11) is 0. The largest absolute Gasteiger partial charge is 0.464 e. The number of hydrogen-bond acceptors (Lipinski definition) is 5. The van der Waals surface area contributed by atoms with Gasteiger partial charge in [0, 0.05) is 18.6 Å². The average molecular weight is 264 g/mol. The summed E-state index contributed by atoms with van der Waals surface area (Å²) >= 11 is 0. The Kier molecular flexibility index (Phi) is 3.74. The molecule has 1 heterocycles. The molecule has 0 radical (unpaired) electrons. The third kappa shape index (κ3) is 3.27. The fraction of sp³-hybridized carbons (Fsp3) is 0.333. The molecule has 1 saturated heterocycles. The quantitative estimate of drug-likeness (QED) is 0.487. The van der Waals surface area contributed by atoms with Crippen LogP contribution >= 0.6 is 0 Å². The topological polar surface area (TPSA) is 98.5 Å². The molecule has 0 aromatic heterocycles. The van der Waals surface area contributed by atoms with E-state index >= 15 is 0 Å². The second-order valence-corrected chi connectivity index (χ2v) is 4.18. The molecule has 1 N–H and O–H groups in total. The molecule has 1 atom stereocenters. The van der Waals surface area contributed by atoms with Crippen molar-refractivity contribution in [1.82, 2.24) is 5.32 Å². The highest BCUT2D eigenvalue weighted by Crippen LogP contribution is 2.12. The number of hydrogen-bond donors (Lipinski definition) is 1. The Morgan fingerprint density at radius 2 is 2.11 bits per heavy atom. The van der Waals surface area contributed by atoms with Crippen LogP contribution in [-0.2, 0) is 20.7 Å². The van der Waals surface area contributed by atoms with E-state index in [0.717, 1.165) is 0 Å². The van der Waals surface area contributed by atoms with Crippen LogP contribution in [0.3, 0.4) is 0 Å². The molecule has 7 heteroatoms. The first-order valence-electron chi connectivity index (χ1n) is 5.75. The number of benzene rings is 1. The van der Waals surface area contributed by atoms with Crippen LogP contribution in [0.2, 0.25) is 0 Å². The van der Waals surface area contributed by atoms with Gasteiger partial charge in [-0.25, -0.2) is 4.79 Å². The van der Waals surface area contributed by atoms with E-state index in [1.165, 1.54) is 24.3 Å². The van der Waals surface area contributed by atoms with E-state index in [1.54, 1.807) is 0 Å². The Balaban J connectivity index is 1.91. The van der Waals surface area contributed by atoms with Gasteiger partial charge in [0.15, 0.2) is 0 Å². The summed E-state index contributed by atoms with van der Waals surface area (Å²) in [6.45, 7) is 0.321. The second kappa shape index (κ2) is 5.47. The van der Waals surface area contributed by atoms with Crippen molar-refractivity contribution < 1.29 is 19.2 Å². The highest BCUT2D eigenvalue weighted by Gasteiger charge is 2.27. The van der Waals surface area contributed by atoms with E-state index < -0.39 is 16.9 Å². The number of nitrogens with one attached hydrogen (secondary N) is 1. The first kappa shape index (κ1) is 13.0. The van der Waals surface area contributed by atoms with Crippen LogP contribution in [-0.4, -0.2) is 29.4 Å². The highest BCUT2D eigenvalue weighted by molar-refractivity contribution is 5.86. The smallest absolute Gasteiger partial charge is 0.328 e. The lowest BCUT2D eigenvalue weighted by atomic mass is 10.1. The maximum absolute atomic E-state index is 11.7. The Morgan fingerprint density at radius 3 is 2.63 bits per heavy atom. The number of carbonyl (C=O) groups excluding carboxylic acids is 2. The number of amides is 1. The molecule has 0 spiro atoms. The van der Waals surface area contributed by atoms with E-state index in [9.17, 15) is 19.7 Å². The number of rotatable bonds is 4. The predicted octanol–water partition coefficient (Wildman–Crippen LogP) is 0.569. The summed E-state index contributed by atoms with van der Waals surface area (Å²) in [5.74, 6) is -0.727. The third-order valence-corrected chi connectivity index (χ3v) is 2.78. The zero-order chi connectivity index (χ0) is 13.8. The molecule has 1 fully saturated rings. The summed E-state index contributed by atoms with van der Waals surface area (Å²) in [5.41, 5.74) is 0.623. The van der Waals surface area contributed by atoms with Crippen molar-refractivity contribution >= 4 is 17.6 Å². The van der Waals surface area contributed by atoms with Gasteiger partial charge in [0.25, 0.3) is 5.69 Å². The van der Waals surface area contributed by atoms with Gasteiger partial charge < -0.3 is 10.1 Å². The number of esters is 1. The minimum Gasteiger partial charge on any atom is -0.464 e. The van der Waals surface area contributed by atoms with Gasteiger partial charge in [-0.2, -0.15) is 0 Å². The highest BCUT2D eigenvalue weighted by atomic mass is 16.6. The lowest BCUT2D eigenvalue weighted by molar-refractivity contribution is -0.384. The maximum atomic E-state index is 11.7. The minimum atomic E-state index is -0.578. The number of non-ortho nitro benzene ring substituents is 1. The second-order valence-electron chi connectivity index (χ2n) is 4.18. The molecule has 1 aromatic carbocycles. The van der Waals surface area contributed by atoms with Crippen molar-refractivity contribution in [1.29, 1.82) is 0 Å². The number of cyclic esters (lactones) is 1. The van der Waals surface area contributed by atoms with Gasteiger partial charge in [-0.3, -0.25) is 14.9 Å². The SMILES string of the molecule is O=C(Cc1ccc([N+](=O)[O-])cc1)N[C@H]1CCOC1=O. The van der Waals surface area contributed by atoms with Gasteiger partial charge >= 0.3 is 5.97 Å². The zero-order valence-electron chi connectivity index (χ0n) is 10.00. The summed E-state index contributed by atoms with van der Waals surface area (Å²) in [4.78, 5) is 32.8. The molecular weight excluding hydrogens is 252 g/mol. The molecule has 0 aliphatic carbocycles. The van der Waals surface area contributed by atoms with Crippen molar-refractivity contribution in [3.8, 4) is 0 Å². The lowest BCUT2D eigenvalue weighted by Crippen LogP contribution is -2.38. The maximum Gasteiger partial charge on any atom is 0.328 e. The molecule has 7 nitrogen and oxygen atoms in total. The minimum absolute atomic E-state index is 0.0245. The third-order valence-electron chi connectivity index (χ3n) is 2.78. The van der Waals surface area contributed by atoms with Crippen molar-refractivity contribution in [2.75, 3.05) is 6.61 Å². The van der Waals surface area contributed by atoms with E-state index in [0.29, 0.717) is 18.6 Å². The molecule has 0 unspecified atom stereocenters. The Bertz CT molecular complexity index is 511. The van der Waals surface area contributed by atoms with Gasteiger partial charge in [0.2, 0.25) is 5.91 Å². The van der Waals surface area contributed by atoms with Crippen LogP contribution in [0.1, 0.15) is 12.0 Å². The van der Waals surface area contributed by atoms with Gasteiger partial charge in [-0.1, -0.05) is 12.1 Å². The van der Waals surface area contributed by atoms with Gasteiger partial charge in [0.1, 0.15) is 6.04 Å². The Labute approximate surface area is 108 Å². The molecule has 1 aliphatic rings. The van der Waals surface area contributed by atoms with Crippen molar-refractivity contribution in [2.24, 2.45) is 0 Å².